The van der Waals surface area contributed by atoms with Crippen molar-refractivity contribution in [3.05, 3.63) is 16.1 Å². The molecule has 2 N–H and O–H groups in total. The van der Waals surface area contributed by atoms with Gasteiger partial charge in [0.2, 0.25) is 5.91 Å². The molecular formula is C9H12N2OS. The van der Waals surface area contributed by atoms with Crippen LogP contribution in [0, 0.1) is 0 Å². The van der Waals surface area contributed by atoms with Gasteiger partial charge in [0.15, 0.2) is 0 Å². The molecule has 1 amide bonds. The number of aromatic nitrogens is 1. The molecule has 4 heteroatoms. The van der Waals surface area contributed by atoms with E-state index < -0.39 is 0 Å². The van der Waals surface area contributed by atoms with Crippen LogP contribution in [0.4, 0.5) is 0 Å². The molecule has 0 radical (unpaired) electrons. The predicted octanol–water partition coefficient (Wildman–Crippen LogP) is 1.61. The first-order chi connectivity index (χ1) is 6.18. The van der Waals surface area contributed by atoms with Crippen molar-refractivity contribution in [2.45, 2.75) is 31.6 Å². The van der Waals surface area contributed by atoms with Crippen LogP contribution in [0.5, 0.6) is 0 Å². The summed E-state index contributed by atoms with van der Waals surface area (Å²) in [5, 5.41) is 2.90. The van der Waals surface area contributed by atoms with Gasteiger partial charge in [0.25, 0.3) is 0 Å². The molecule has 2 rings (SSSR count). The molecule has 1 saturated carbocycles. The molecule has 0 aromatic carbocycles. The maximum absolute atomic E-state index is 10.9. The van der Waals surface area contributed by atoms with Gasteiger partial charge in [0.05, 0.1) is 11.6 Å². The van der Waals surface area contributed by atoms with Crippen molar-refractivity contribution >= 4 is 17.2 Å². The van der Waals surface area contributed by atoms with Gasteiger partial charge in [-0.3, -0.25) is 4.79 Å². The molecule has 0 bridgehead atoms. The number of hydrogen-bond donors (Lipinski definition) is 1. The summed E-state index contributed by atoms with van der Waals surface area (Å²) in [4.78, 5) is 15.3. The van der Waals surface area contributed by atoms with E-state index in [1.165, 1.54) is 12.8 Å². The van der Waals surface area contributed by atoms with Gasteiger partial charge in [-0.25, -0.2) is 4.98 Å². The lowest BCUT2D eigenvalue weighted by molar-refractivity contribution is -0.119. The Labute approximate surface area is 81.0 Å². The summed E-state index contributed by atoms with van der Waals surface area (Å²) in [6.45, 7) is 1.80. The zero-order valence-electron chi connectivity index (χ0n) is 7.49. The lowest BCUT2D eigenvalue weighted by atomic mass is 10.2. The second-order valence-corrected chi connectivity index (χ2v) is 4.40. The predicted molar refractivity (Wildman–Crippen MR) is 51.7 cm³/mol. The quantitative estimate of drug-likeness (QED) is 0.798. The number of nitrogens with zero attached hydrogens (tertiary/aromatic N) is 1. The Hall–Kier alpha value is -0.900. The van der Waals surface area contributed by atoms with Gasteiger partial charge in [-0.05, 0) is 19.8 Å². The molecule has 1 fully saturated rings. The van der Waals surface area contributed by atoms with E-state index in [1.54, 1.807) is 18.3 Å². The van der Waals surface area contributed by atoms with Crippen molar-refractivity contribution in [1.29, 1.82) is 0 Å². The highest BCUT2D eigenvalue weighted by atomic mass is 32.1. The molecule has 1 heterocycles. The maximum Gasteiger partial charge on any atom is 0.227 e. The monoisotopic (exact) mass is 196 g/mol. The van der Waals surface area contributed by atoms with Crippen molar-refractivity contribution in [1.82, 2.24) is 4.98 Å². The number of rotatable bonds is 3. The molecule has 0 spiro atoms. The Morgan fingerprint density at radius 3 is 3.00 bits per heavy atom. The molecule has 1 aliphatic rings. The van der Waals surface area contributed by atoms with E-state index in [9.17, 15) is 4.79 Å². The van der Waals surface area contributed by atoms with Crippen LogP contribution in [0.2, 0.25) is 0 Å². The van der Waals surface area contributed by atoms with Crippen LogP contribution >= 0.6 is 11.3 Å². The third-order valence-electron chi connectivity index (χ3n) is 2.33. The second-order valence-electron chi connectivity index (χ2n) is 3.51. The van der Waals surface area contributed by atoms with Crippen molar-refractivity contribution in [2.24, 2.45) is 5.73 Å². The Bertz CT molecular complexity index is 330. The molecule has 1 atom stereocenters. The van der Waals surface area contributed by atoms with E-state index in [4.69, 9.17) is 5.73 Å². The summed E-state index contributed by atoms with van der Waals surface area (Å²) in [5.74, 6) is 0.124. The Morgan fingerprint density at radius 1 is 1.77 bits per heavy atom. The molecule has 3 nitrogen and oxygen atoms in total. The largest absolute Gasteiger partial charge is 0.369 e. The highest BCUT2D eigenvalue weighted by Crippen LogP contribution is 2.40. The van der Waals surface area contributed by atoms with Gasteiger partial charge in [0, 0.05) is 11.3 Å². The minimum atomic E-state index is -0.295. The number of hydrogen-bond acceptors (Lipinski definition) is 3. The highest BCUT2D eigenvalue weighted by Gasteiger charge is 2.27. The molecule has 1 aromatic heterocycles. The molecule has 1 aromatic rings. The maximum atomic E-state index is 10.9. The average molecular weight is 196 g/mol. The van der Waals surface area contributed by atoms with Gasteiger partial charge < -0.3 is 5.73 Å². The minimum Gasteiger partial charge on any atom is -0.369 e. The first-order valence-electron chi connectivity index (χ1n) is 4.43. The summed E-state index contributed by atoms with van der Waals surface area (Å²) >= 11 is 1.54. The normalized spacial score (nSPS) is 18.5. The van der Waals surface area contributed by atoms with Crippen molar-refractivity contribution < 1.29 is 4.79 Å². The van der Waals surface area contributed by atoms with Crippen LogP contribution in [-0.4, -0.2) is 10.9 Å². The fourth-order valence-corrected chi connectivity index (χ4v) is 2.15. The molecule has 70 valence electrons. The smallest absolute Gasteiger partial charge is 0.227 e. The third-order valence-corrected chi connectivity index (χ3v) is 3.38. The Morgan fingerprint density at radius 2 is 2.46 bits per heavy atom. The average Bonchev–Trinajstić information content (AvgIpc) is 2.83. The summed E-state index contributed by atoms with van der Waals surface area (Å²) in [7, 11) is 0. The summed E-state index contributed by atoms with van der Waals surface area (Å²) < 4.78 is 0. The summed E-state index contributed by atoms with van der Waals surface area (Å²) in [6, 6.07) is 0. The topological polar surface area (TPSA) is 56.0 Å². The number of primary amides is 1. The first kappa shape index (κ1) is 8.69. The Balaban J connectivity index is 2.16. The van der Waals surface area contributed by atoms with E-state index in [0.717, 1.165) is 10.7 Å². The standard InChI is InChI=1S/C9H12N2OS/c1-5(8(10)12)9-11-7(4-13-9)6-2-3-6/h4-6H,2-3H2,1H3,(H2,10,12). The minimum absolute atomic E-state index is 0.238. The summed E-state index contributed by atoms with van der Waals surface area (Å²) in [5.41, 5.74) is 6.34. The van der Waals surface area contributed by atoms with E-state index in [2.05, 4.69) is 4.98 Å². The third kappa shape index (κ3) is 1.72. The molecule has 1 unspecified atom stereocenters. The van der Waals surface area contributed by atoms with Crippen molar-refractivity contribution in [2.75, 3.05) is 0 Å². The Kier molecular flexibility index (Phi) is 2.07. The van der Waals surface area contributed by atoms with Crippen LogP contribution in [0.1, 0.15) is 42.3 Å². The van der Waals surface area contributed by atoms with E-state index in [1.807, 2.05) is 5.38 Å². The van der Waals surface area contributed by atoms with Crippen molar-refractivity contribution in [3.8, 4) is 0 Å². The number of amides is 1. The lowest BCUT2D eigenvalue weighted by Crippen LogP contribution is -2.18. The van der Waals surface area contributed by atoms with Gasteiger partial charge in [0.1, 0.15) is 5.01 Å². The first-order valence-corrected chi connectivity index (χ1v) is 5.31. The van der Waals surface area contributed by atoms with Crippen LogP contribution in [-0.2, 0) is 4.79 Å². The SMILES string of the molecule is CC(C(N)=O)c1nc(C2CC2)cs1. The number of carbonyl (C=O) groups is 1. The van der Waals surface area contributed by atoms with E-state index in [-0.39, 0.29) is 11.8 Å². The van der Waals surface area contributed by atoms with Crippen LogP contribution in [0.15, 0.2) is 5.38 Å². The van der Waals surface area contributed by atoms with E-state index in [0.29, 0.717) is 5.92 Å². The molecular weight excluding hydrogens is 184 g/mol. The van der Waals surface area contributed by atoms with Gasteiger partial charge in [-0.15, -0.1) is 11.3 Å². The zero-order valence-corrected chi connectivity index (χ0v) is 8.30. The van der Waals surface area contributed by atoms with E-state index >= 15 is 0 Å². The number of carbonyl (C=O) groups excluding carboxylic acids is 1. The van der Waals surface area contributed by atoms with Gasteiger partial charge >= 0.3 is 0 Å². The molecule has 0 aliphatic heterocycles. The van der Waals surface area contributed by atoms with Gasteiger partial charge in [-0.1, -0.05) is 0 Å². The highest BCUT2D eigenvalue weighted by molar-refractivity contribution is 7.09. The summed E-state index contributed by atoms with van der Waals surface area (Å²) in [6.07, 6.45) is 2.49. The van der Waals surface area contributed by atoms with Crippen LogP contribution in [0.25, 0.3) is 0 Å². The molecule has 0 saturated heterocycles. The number of thiazole rings is 1. The number of nitrogens with two attached hydrogens (primary N) is 1. The fraction of sp³-hybridized carbons (Fsp3) is 0.556. The lowest BCUT2D eigenvalue weighted by Gasteiger charge is -2.00. The molecule has 13 heavy (non-hydrogen) atoms. The molecule has 1 aliphatic carbocycles. The van der Waals surface area contributed by atoms with Crippen LogP contribution in [0.3, 0.4) is 0 Å². The van der Waals surface area contributed by atoms with Gasteiger partial charge in [-0.2, -0.15) is 0 Å². The fourth-order valence-electron chi connectivity index (χ4n) is 1.19. The zero-order chi connectivity index (χ0) is 9.42. The second kappa shape index (κ2) is 3.10. The van der Waals surface area contributed by atoms with Crippen molar-refractivity contribution in [3.63, 3.8) is 0 Å². The van der Waals surface area contributed by atoms with Crippen LogP contribution < -0.4 is 5.73 Å².